The lowest BCUT2D eigenvalue weighted by atomic mass is 9.98. The normalized spacial score (nSPS) is 11.6. The third-order valence-corrected chi connectivity index (χ3v) is 7.67. The van der Waals surface area contributed by atoms with Gasteiger partial charge < -0.3 is 5.32 Å². The highest BCUT2D eigenvalue weighted by molar-refractivity contribution is 7.91. The molecular formula is C26H26Cl2FNO3S. The van der Waals surface area contributed by atoms with Crippen molar-refractivity contribution in [3.63, 3.8) is 0 Å². The van der Waals surface area contributed by atoms with E-state index in [9.17, 15) is 17.6 Å². The van der Waals surface area contributed by atoms with Crippen molar-refractivity contribution in [3.05, 3.63) is 81.6 Å². The van der Waals surface area contributed by atoms with Crippen molar-refractivity contribution in [2.45, 2.75) is 38.5 Å². The third kappa shape index (κ3) is 6.38. The van der Waals surface area contributed by atoms with Crippen LogP contribution in [0, 0.1) is 11.7 Å². The standard InChI is InChI=1S/C26H26Cl2FNO3S/c1-4-34(32,33)21-9-5-17(6-10-21)12-25(31)30-20-14-22(27)26(23(28)15-20)19-8-7-18(11-16(2)3)24(29)13-19/h5-10,13-16H,4,11-12H2,1-3H3,(H,30,31). The highest BCUT2D eigenvalue weighted by Gasteiger charge is 2.16. The summed E-state index contributed by atoms with van der Waals surface area (Å²) < 4.78 is 38.4. The molecule has 1 N–H and O–H groups in total. The molecular weight excluding hydrogens is 496 g/mol. The fourth-order valence-corrected chi connectivity index (χ4v) is 5.19. The number of sulfone groups is 1. The average Bonchev–Trinajstić information content (AvgIpc) is 2.75. The van der Waals surface area contributed by atoms with Crippen LogP contribution in [0.15, 0.2) is 59.5 Å². The highest BCUT2D eigenvalue weighted by Crippen LogP contribution is 2.38. The third-order valence-electron chi connectivity index (χ3n) is 5.32. The Kier molecular flexibility index (Phi) is 8.39. The minimum atomic E-state index is -3.29. The van der Waals surface area contributed by atoms with E-state index >= 15 is 0 Å². The number of hydrogen-bond acceptors (Lipinski definition) is 3. The van der Waals surface area contributed by atoms with Gasteiger partial charge in [0.05, 0.1) is 27.1 Å². The molecule has 0 bridgehead atoms. The van der Waals surface area contributed by atoms with Crippen LogP contribution in [-0.4, -0.2) is 20.1 Å². The van der Waals surface area contributed by atoms with Crippen molar-refractivity contribution >= 4 is 44.6 Å². The summed E-state index contributed by atoms with van der Waals surface area (Å²) in [6.45, 7) is 5.64. The number of amides is 1. The molecule has 0 unspecified atom stereocenters. The molecule has 0 spiro atoms. The Hall–Kier alpha value is -2.41. The Labute approximate surface area is 210 Å². The van der Waals surface area contributed by atoms with Crippen LogP contribution >= 0.6 is 23.2 Å². The fraction of sp³-hybridized carbons (Fsp3) is 0.269. The van der Waals surface area contributed by atoms with Gasteiger partial charge in [0.1, 0.15) is 5.82 Å². The first kappa shape index (κ1) is 26.2. The van der Waals surface area contributed by atoms with Crippen LogP contribution in [0.25, 0.3) is 11.1 Å². The van der Waals surface area contributed by atoms with Crippen LogP contribution in [0.2, 0.25) is 10.0 Å². The molecule has 3 aromatic carbocycles. The Bertz CT molecular complexity index is 1280. The van der Waals surface area contributed by atoms with Crippen molar-refractivity contribution in [2.24, 2.45) is 5.92 Å². The van der Waals surface area contributed by atoms with Crippen LogP contribution in [-0.2, 0) is 27.5 Å². The van der Waals surface area contributed by atoms with Gasteiger partial charge in [0.25, 0.3) is 0 Å². The zero-order chi connectivity index (χ0) is 25.0. The quantitative estimate of drug-likeness (QED) is 0.348. The second-order valence-electron chi connectivity index (χ2n) is 8.49. The van der Waals surface area contributed by atoms with Gasteiger partial charge in [-0.1, -0.05) is 68.2 Å². The Morgan fingerprint density at radius 2 is 1.62 bits per heavy atom. The van der Waals surface area contributed by atoms with Gasteiger partial charge in [-0.15, -0.1) is 0 Å². The molecule has 0 radical (unpaired) electrons. The molecule has 0 aliphatic heterocycles. The van der Waals surface area contributed by atoms with Crippen LogP contribution in [0.4, 0.5) is 10.1 Å². The lowest BCUT2D eigenvalue weighted by Crippen LogP contribution is -2.14. The van der Waals surface area contributed by atoms with Gasteiger partial charge in [0.15, 0.2) is 9.84 Å². The highest BCUT2D eigenvalue weighted by atomic mass is 35.5. The average molecular weight is 522 g/mol. The van der Waals surface area contributed by atoms with Gasteiger partial charge >= 0.3 is 0 Å². The predicted octanol–water partition coefficient (Wildman–Crippen LogP) is 6.97. The van der Waals surface area contributed by atoms with Crippen molar-refractivity contribution < 1.29 is 17.6 Å². The van der Waals surface area contributed by atoms with E-state index in [0.717, 1.165) is 0 Å². The number of nitrogens with one attached hydrogen (secondary N) is 1. The van der Waals surface area contributed by atoms with Gasteiger partial charge in [-0.25, -0.2) is 12.8 Å². The van der Waals surface area contributed by atoms with Gasteiger partial charge in [-0.05, 0) is 59.4 Å². The maximum absolute atomic E-state index is 14.6. The van der Waals surface area contributed by atoms with Gasteiger partial charge in [0, 0.05) is 11.3 Å². The Morgan fingerprint density at radius 3 is 2.15 bits per heavy atom. The minimum Gasteiger partial charge on any atom is -0.326 e. The van der Waals surface area contributed by atoms with Gasteiger partial charge in [-0.2, -0.15) is 0 Å². The maximum Gasteiger partial charge on any atom is 0.228 e. The van der Waals surface area contributed by atoms with E-state index in [1.807, 2.05) is 13.8 Å². The van der Waals surface area contributed by atoms with Crippen LogP contribution in [0.5, 0.6) is 0 Å². The zero-order valence-electron chi connectivity index (χ0n) is 19.2. The molecule has 0 saturated carbocycles. The van der Waals surface area contributed by atoms with Gasteiger partial charge in [-0.3, -0.25) is 4.79 Å². The molecule has 34 heavy (non-hydrogen) atoms. The molecule has 180 valence electrons. The maximum atomic E-state index is 14.6. The monoisotopic (exact) mass is 521 g/mol. The lowest BCUT2D eigenvalue weighted by Gasteiger charge is -2.13. The summed E-state index contributed by atoms with van der Waals surface area (Å²) in [6, 6.07) is 14.3. The van der Waals surface area contributed by atoms with Crippen molar-refractivity contribution in [3.8, 4) is 11.1 Å². The van der Waals surface area contributed by atoms with E-state index in [1.165, 1.54) is 18.2 Å². The number of benzene rings is 3. The van der Waals surface area contributed by atoms with E-state index in [4.69, 9.17) is 23.2 Å². The summed E-state index contributed by atoms with van der Waals surface area (Å²) in [5, 5.41) is 3.32. The summed E-state index contributed by atoms with van der Waals surface area (Å²) in [7, 11) is -3.29. The number of hydrogen-bond donors (Lipinski definition) is 1. The molecule has 0 fully saturated rings. The van der Waals surface area contributed by atoms with E-state index < -0.39 is 9.84 Å². The predicted molar refractivity (Wildman–Crippen MR) is 137 cm³/mol. The van der Waals surface area contributed by atoms with E-state index in [2.05, 4.69) is 5.32 Å². The second-order valence-corrected chi connectivity index (χ2v) is 11.6. The zero-order valence-corrected chi connectivity index (χ0v) is 21.5. The Balaban J connectivity index is 1.75. The molecule has 3 aromatic rings. The molecule has 0 atom stereocenters. The fourth-order valence-electron chi connectivity index (χ4n) is 3.60. The number of halogens is 3. The number of rotatable bonds is 8. The number of carbonyl (C=O) groups excluding carboxylic acids is 1. The molecule has 0 aliphatic carbocycles. The minimum absolute atomic E-state index is 0.0130. The summed E-state index contributed by atoms with van der Waals surface area (Å²) in [5.74, 6) is -0.278. The summed E-state index contributed by atoms with van der Waals surface area (Å²) in [6.07, 6.45) is 0.682. The van der Waals surface area contributed by atoms with Crippen molar-refractivity contribution in [2.75, 3.05) is 11.1 Å². The lowest BCUT2D eigenvalue weighted by molar-refractivity contribution is -0.115. The molecule has 3 rings (SSSR count). The molecule has 1 amide bonds. The van der Waals surface area contributed by atoms with Crippen LogP contribution in [0.1, 0.15) is 31.9 Å². The molecule has 4 nitrogen and oxygen atoms in total. The SMILES string of the molecule is CCS(=O)(=O)c1ccc(CC(=O)Nc2cc(Cl)c(-c3ccc(CC(C)C)c(F)c3)c(Cl)c2)cc1. The van der Waals surface area contributed by atoms with Crippen molar-refractivity contribution in [1.29, 1.82) is 0 Å². The van der Waals surface area contributed by atoms with E-state index in [0.29, 0.717) is 40.3 Å². The number of anilines is 1. The van der Waals surface area contributed by atoms with E-state index in [-0.39, 0.29) is 38.8 Å². The van der Waals surface area contributed by atoms with Gasteiger partial charge in [0.2, 0.25) is 5.91 Å². The summed E-state index contributed by atoms with van der Waals surface area (Å²) in [4.78, 5) is 12.7. The summed E-state index contributed by atoms with van der Waals surface area (Å²) in [5.41, 5.74) is 2.75. The molecule has 0 aliphatic rings. The van der Waals surface area contributed by atoms with Crippen molar-refractivity contribution in [1.82, 2.24) is 0 Å². The van der Waals surface area contributed by atoms with Crippen LogP contribution < -0.4 is 5.32 Å². The second kappa shape index (κ2) is 10.9. The smallest absolute Gasteiger partial charge is 0.228 e. The molecule has 0 heterocycles. The molecule has 0 saturated heterocycles. The molecule has 8 heteroatoms. The molecule has 0 aromatic heterocycles. The van der Waals surface area contributed by atoms with Crippen LogP contribution in [0.3, 0.4) is 0 Å². The largest absolute Gasteiger partial charge is 0.326 e. The first-order chi connectivity index (χ1) is 16.0. The van der Waals surface area contributed by atoms with E-state index in [1.54, 1.807) is 43.3 Å². The topological polar surface area (TPSA) is 63.2 Å². The first-order valence-corrected chi connectivity index (χ1v) is 13.3. The summed E-state index contributed by atoms with van der Waals surface area (Å²) >= 11 is 12.9. The number of carbonyl (C=O) groups is 1. The first-order valence-electron chi connectivity index (χ1n) is 10.9. The Morgan fingerprint density at radius 1 is 1.00 bits per heavy atom.